The molecule has 27 heavy (non-hydrogen) atoms. The summed E-state index contributed by atoms with van der Waals surface area (Å²) in [4.78, 5) is 20.6. The molecule has 1 atom stereocenters. The number of hydrogen-bond donors (Lipinski definition) is 4. The Labute approximate surface area is 158 Å². The van der Waals surface area contributed by atoms with E-state index >= 15 is 0 Å². The van der Waals surface area contributed by atoms with Gasteiger partial charge in [0.05, 0.1) is 12.6 Å². The lowest BCUT2D eigenvalue weighted by atomic mass is 10.1. The Balaban J connectivity index is 1.38. The number of amides is 1. The van der Waals surface area contributed by atoms with Crippen LogP contribution in [0.25, 0.3) is 10.9 Å². The molecule has 0 radical (unpaired) electrons. The van der Waals surface area contributed by atoms with Gasteiger partial charge in [-0.05, 0) is 42.0 Å². The molecule has 3 rings (SSSR count). The van der Waals surface area contributed by atoms with Gasteiger partial charge in [-0.3, -0.25) is 9.63 Å². The van der Waals surface area contributed by atoms with Gasteiger partial charge >= 0.3 is 0 Å². The number of aryl methyl sites for hydroxylation is 1. The SMILES string of the molecule is NCc1ccc(CCCONC(=O)[C@H](N)Cc2c[nH]c3ccccc23)cc1. The molecule has 0 spiro atoms. The maximum Gasteiger partial charge on any atom is 0.260 e. The van der Waals surface area contributed by atoms with Crippen LogP contribution in [0.3, 0.4) is 0 Å². The molecule has 0 saturated heterocycles. The van der Waals surface area contributed by atoms with Crippen molar-refractivity contribution in [2.75, 3.05) is 6.61 Å². The molecule has 0 aliphatic heterocycles. The van der Waals surface area contributed by atoms with E-state index in [-0.39, 0.29) is 5.91 Å². The summed E-state index contributed by atoms with van der Waals surface area (Å²) in [6.45, 7) is 0.985. The van der Waals surface area contributed by atoms with Crippen LogP contribution in [-0.2, 0) is 29.0 Å². The van der Waals surface area contributed by atoms with Gasteiger partial charge in [-0.2, -0.15) is 0 Å². The molecule has 0 aliphatic rings. The van der Waals surface area contributed by atoms with Crippen LogP contribution in [0.2, 0.25) is 0 Å². The molecule has 0 unspecified atom stereocenters. The fraction of sp³-hybridized carbons (Fsp3) is 0.286. The number of fused-ring (bicyclic) bond motifs is 1. The summed E-state index contributed by atoms with van der Waals surface area (Å²) in [7, 11) is 0. The number of nitrogens with two attached hydrogens (primary N) is 2. The number of rotatable bonds is 9. The van der Waals surface area contributed by atoms with Gasteiger partial charge in [0.2, 0.25) is 0 Å². The first-order chi connectivity index (χ1) is 13.2. The molecular weight excluding hydrogens is 340 g/mol. The van der Waals surface area contributed by atoms with Gasteiger partial charge in [-0.1, -0.05) is 42.5 Å². The highest BCUT2D eigenvalue weighted by atomic mass is 16.6. The maximum atomic E-state index is 12.1. The predicted octanol–water partition coefficient (Wildman–Crippen LogP) is 2.18. The first-order valence-electron chi connectivity index (χ1n) is 9.17. The summed E-state index contributed by atoms with van der Waals surface area (Å²) in [6.07, 6.45) is 4.03. The van der Waals surface area contributed by atoms with Crippen LogP contribution in [0.15, 0.2) is 54.7 Å². The number of H-pyrrole nitrogens is 1. The fourth-order valence-electron chi connectivity index (χ4n) is 3.02. The summed E-state index contributed by atoms with van der Waals surface area (Å²) in [6, 6.07) is 15.5. The maximum absolute atomic E-state index is 12.1. The van der Waals surface area contributed by atoms with Crippen LogP contribution >= 0.6 is 0 Å². The van der Waals surface area contributed by atoms with Gasteiger partial charge < -0.3 is 16.5 Å². The van der Waals surface area contributed by atoms with Gasteiger partial charge in [-0.25, -0.2) is 5.48 Å². The summed E-state index contributed by atoms with van der Waals surface area (Å²) >= 11 is 0. The molecule has 0 saturated carbocycles. The van der Waals surface area contributed by atoms with Crippen LogP contribution in [0, 0.1) is 0 Å². The van der Waals surface area contributed by atoms with E-state index < -0.39 is 6.04 Å². The van der Waals surface area contributed by atoms with Crippen molar-refractivity contribution in [1.82, 2.24) is 10.5 Å². The van der Waals surface area contributed by atoms with Crippen LogP contribution in [-0.4, -0.2) is 23.5 Å². The minimum atomic E-state index is -0.659. The van der Waals surface area contributed by atoms with E-state index in [4.69, 9.17) is 16.3 Å². The molecule has 1 heterocycles. The molecular formula is C21H26N4O2. The molecule has 1 aromatic heterocycles. The monoisotopic (exact) mass is 366 g/mol. The molecule has 3 aromatic rings. The van der Waals surface area contributed by atoms with Crippen molar-refractivity contribution in [3.05, 3.63) is 71.4 Å². The number of benzene rings is 2. The van der Waals surface area contributed by atoms with E-state index in [9.17, 15) is 4.79 Å². The van der Waals surface area contributed by atoms with Crippen molar-refractivity contribution in [3.63, 3.8) is 0 Å². The van der Waals surface area contributed by atoms with Gasteiger partial charge in [0, 0.05) is 23.6 Å². The zero-order valence-corrected chi connectivity index (χ0v) is 15.3. The van der Waals surface area contributed by atoms with E-state index in [2.05, 4.69) is 22.6 Å². The summed E-state index contributed by atoms with van der Waals surface area (Å²) in [5.74, 6) is -0.312. The Bertz CT molecular complexity index is 873. The fourth-order valence-corrected chi connectivity index (χ4v) is 3.02. The van der Waals surface area contributed by atoms with E-state index in [1.54, 1.807) is 0 Å². The Morgan fingerprint density at radius 2 is 1.85 bits per heavy atom. The van der Waals surface area contributed by atoms with Crippen LogP contribution < -0.4 is 16.9 Å². The van der Waals surface area contributed by atoms with Gasteiger partial charge in [0.1, 0.15) is 0 Å². The standard InChI is InChI=1S/C21H26N4O2/c22-13-16-9-7-15(8-10-16)4-3-11-27-25-21(26)19(23)12-17-14-24-20-6-2-1-5-18(17)20/h1-2,5-10,14,19,24H,3-4,11-13,22-23H2,(H,25,26)/t19-/m1/s1. The first kappa shape index (κ1) is 19.1. The zero-order valence-electron chi connectivity index (χ0n) is 15.3. The van der Waals surface area contributed by atoms with E-state index in [0.717, 1.165) is 34.9 Å². The summed E-state index contributed by atoms with van der Waals surface area (Å²) in [5.41, 5.74) is 18.5. The van der Waals surface area contributed by atoms with Crippen molar-refractivity contribution in [1.29, 1.82) is 0 Å². The zero-order chi connectivity index (χ0) is 19.1. The van der Waals surface area contributed by atoms with Crippen LogP contribution in [0.4, 0.5) is 0 Å². The van der Waals surface area contributed by atoms with E-state index in [0.29, 0.717) is 19.6 Å². The molecule has 2 aromatic carbocycles. The number of nitrogens with one attached hydrogen (secondary N) is 2. The van der Waals surface area contributed by atoms with Gasteiger partial charge in [-0.15, -0.1) is 0 Å². The lowest BCUT2D eigenvalue weighted by Gasteiger charge is -2.12. The topological polar surface area (TPSA) is 106 Å². The number of aromatic amines is 1. The van der Waals surface area contributed by atoms with Crippen LogP contribution in [0.5, 0.6) is 0 Å². The van der Waals surface area contributed by atoms with Crippen molar-refractivity contribution >= 4 is 16.8 Å². The quantitative estimate of drug-likeness (QED) is 0.344. The van der Waals surface area contributed by atoms with Gasteiger partial charge in [0.25, 0.3) is 5.91 Å². The Hall–Kier alpha value is -2.67. The molecule has 1 amide bonds. The second kappa shape index (κ2) is 9.32. The number of carbonyl (C=O) groups is 1. The lowest BCUT2D eigenvalue weighted by Crippen LogP contribution is -2.42. The third-order valence-electron chi connectivity index (χ3n) is 4.59. The van der Waals surface area contributed by atoms with Crippen molar-refractivity contribution < 1.29 is 9.63 Å². The normalized spacial score (nSPS) is 12.2. The molecule has 6 nitrogen and oxygen atoms in total. The average molecular weight is 366 g/mol. The third kappa shape index (κ3) is 5.17. The first-order valence-corrected chi connectivity index (χ1v) is 9.17. The van der Waals surface area contributed by atoms with E-state index in [1.165, 1.54) is 5.56 Å². The van der Waals surface area contributed by atoms with Crippen molar-refractivity contribution in [2.24, 2.45) is 11.5 Å². The Morgan fingerprint density at radius 3 is 2.63 bits per heavy atom. The minimum Gasteiger partial charge on any atom is -0.361 e. The Morgan fingerprint density at radius 1 is 1.11 bits per heavy atom. The van der Waals surface area contributed by atoms with Crippen LogP contribution in [0.1, 0.15) is 23.1 Å². The predicted molar refractivity (Wildman–Crippen MR) is 107 cm³/mol. The Kier molecular flexibility index (Phi) is 6.59. The highest BCUT2D eigenvalue weighted by Crippen LogP contribution is 2.18. The molecule has 142 valence electrons. The lowest BCUT2D eigenvalue weighted by molar-refractivity contribution is -0.134. The minimum absolute atomic E-state index is 0.312. The average Bonchev–Trinajstić information content (AvgIpc) is 3.11. The van der Waals surface area contributed by atoms with Gasteiger partial charge in [0.15, 0.2) is 0 Å². The molecule has 6 N–H and O–H groups in total. The smallest absolute Gasteiger partial charge is 0.260 e. The number of aromatic nitrogens is 1. The molecule has 6 heteroatoms. The number of hydrogen-bond acceptors (Lipinski definition) is 4. The highest BCUT2D eigenvalue weighted by Gasteiger charge is 2.16. The molecule has 0 bridgehead atoms. The summed E-state index contributed by atoms with van der Waals surface area (Å²) < 4.78 is 0. The molecule has 0 aliphatic carbocycles. The van der Waals surface area contributed by atoms with Crippen molar-refractivity contribution in [2.45, 2.75) is 31.8 Å². The van der Waals surface area contributed by atoms with E-state index in [1.807, 2.05) is 42.6 Å². The number of para-hydroxylation sites is 1. The third-order valence-corrected chi connectivity index (χ3v) is 4.59. The molecule has 0 fully saturated rings. The second-order valence-electron chi connectivity index (χ2n) is 6.61. The second-order valence-corrected chi connectivity index (χ2v) is 6.61. The highest BCUT2D eigenvalue weighted by molar-refractivity contribution is 5.85. The van der Waals surface area contributed by atoms with Crippen molar-refractivity contribution in [3.8, 4) is 0 Å². The number of hydroxylamine groups is 1. The largest absolute Gasteiger partial charge is 0.361 e. The summed E-state index contributed by atoms with van der Waals surface area (Å²) in [5, 5.41) is 1.09. The number of carbonyl (C=O) groups excluding carboxylic acids is 1.